The van der Waals surface area contributed by atoms with Gasteiger partial charge in [0.05, 0.1) is 7.11 Å². The molecule has 1 heterocycles. The fourth-order valence-electron chi connectivity index (χ4n) is 3.50. The number of carboxylic acids is 1. The van der Waals surface area contributed by atoms with E-state index in [0.717, 1.165) is 11.1 Å². The zero-order valence-corrected chi connectivity index (χ0v) is 19.1. The molecule has 2 aromatic carbocycles. The lowest BCUT2D eigenvalue weighted by Gasteiger charge is -2.30. The number of ether oxygens (including phenoxy) is 2. The summed E-state index contributed by atoms with van der Waals surface area (Å²) in [4.78, 5) is 26.3. The van der Waals surface area contributed by atoms with Crippen LogP contribution in [0.1, 0.15) is 43.7 Å². The summed E-state index contributed by atoms with van der Waals surface area (Å²) in [6, 6.07) is 14.5. The number of amides is 1. The van der Waals surface area contributed by atoms with Crippen molar-refractivity contribution in [2.45, 2.75) is 45.2 Å². The SMILES string of the molecule is COc1cc(C2SCC(C(=O)O)N2C(=O)CC(C)(C)C)ccc1OCc1ccccc1. The Hall–Kier alpha value is -2.67. The zero-order valence-electron chi connectivity index (χ0n) is 18.3. The first kappa shape index (κ1) is 23.0. The number of hydrogen-bond acceptors (Lipinski definition) is 5. The van der Waals surface area contributed by atoms with Crippen molar-refractivity contribution in [3.8, 4) is 11.5 Å². The van der Waals surface area contributed by atoms with Crippen molar-refractivity contribution in [2.75, 3.05) is 12.9 Å². The van der Waals surface area contributed by atoms with Crippen LogP contribution in [0.2, 0.25) is 0 Å². The van der Waals surface area contributed by atoms with Gasteiger partial charge in [-0.2, -0.15) is 0 Å². The Morgan fingerprint density at radius 3 is 2.45 bits per heavy atom. The minimum absolute atomic E-state index is 0.154. The van der Waals surface area contributed by atoms with E-state index in [4.69, 9.17) is 9.47 Å². The Morgan fingerprint density at radius 2 is 1.84 bits per heavy atom. The van der Waals surface area contributed by atoms with E-state index >= 15 is 0 Å². The summed E-state index contributed by atoms with van der Waals surface area (Å²) in [5, 5.41) is 9.29. The Kier molecular flexibility index (Phi) is 7.15. The van der Waals surface area contributed by atoms with E-state index in [9.17, 15) is 14.7 Å². The summed E-state index contributed by atoms with van der Waals surface area (Å²) >= 11 is 1.46. The fourth-order valence-corrected chi connectivity index (χ4v) is 4.93. The molecule has 31 heavy (non-hydrogen) atoms. The number of nitrogens with zero attached hydrogens (tertiary/aromatic N) is 1. The number of aliphatic carboxylic acids is 1. The normalized spacial score (nSPS) is 18.6. The molecule has 0 aromatic heterocycles. The lowest BCUT2D eigenvalue weighted by atomic mass is 9.91. The second-order valence-corrected chi connectivity index (χ2v) is 9.88. The van der Waals surface area contributed by atoms with Gasteiger partial charge in [0.2, 0.25) is 5.91 Å². The van der Waals surface area contributed by atoms with Crippen LogP contribution in [0.3, 0.4) is 0 Å². The third-order valence-corrected chi connectivity index (χ3v) is 6.29. The fraction of sp³-hybridized carbons (Fsp3) is 0.417. The van der Waals surface area contributed by atoms with E-state index in [0.29, 0.717) is 23.9 Å². The minimum atomic E-state index is -0.980. The zero-order chi connectivity index (χ0) is 22.6. The van der Waals surface area contributed by atoms with Crippen molar-refractivity contribution in [1.29, 1.82) is 0 Å². The molecule has 1 saturated heterocycles. The predicted molar refractivity (Wildman–Crippen MR) is 121 cm³/mol. The number of hydrogen-bond donors (Lipinski definition) is 1. The molecule has 0 spiro atoms. The van der Waals surface area contributed by atoms with Crippen molar-refractivity contribution in [2.24, 2.45) is 5.41 Å². The predicted octanol–water partition coefficient (Wildman–Crippen LogP) is 4.74. The van der Waals surface area contributed by atoms with Crippen molar-refractivity contribution in [1.82, 2.24) is 4.90 Å². The van der Waals surface area contributed by atoms with Gasteiger partial charge < -0.3 is 19.5 Å². The molecule has 0 aliphatic carbocycles. The highest BCUT2D eigenvalue weighted by Crippen LogP contribution is 2.44. The number of carboxylic acid groups (broad SMARTS) is 1. The molecule has 7 heteroatoms. The first-order chi connectivity index (χ1) is 14.7. The molecule has 3 rings (SSSR count). The van der Waals surface area contributed by atoms with Gasteiger partial charge in [-0.05, 0) is 28.7 Å². The number of methoxy groups -OCH3 is 1. The lowest BCUT2D eigenvalue weighted by Crippen LogP contribution is -2.44. The van der Waals surface area contributed by atoms with E-state index in [2.05, 4.69) is 0 Å². The van der Waals surface area contributed by atoms with Crippen LogP contribution in [-0.4, -0.2) is 40.8 Å². The third kappa shape index (κ3) is 5.73. The van der Waals surface area contributed by atoms with Gasteiger partial charge in [0.1, 0.15) is 18.0 Å². The Balaban J connectivity index is 1.84. The van der Waals surface area contributed by atoms with Crippen LogP contribution < -0.4 is 9.47 Å². The monoisotopic (exact) mass is 443 g/mol. The van der Waals surface area contributed by atoms with Crippen LogP contribution in [0.4, 0.5) is 0 Å². The average Bonchev–Trinajstić information content (AvgIpc) is 3.17. The smallest absolute Gasteiger partial charge is 0.327 e. The molecule has 1 N–H and O–H groups in total. The summed E-state index contributed by atoms with van der Waals surface area (Å²) in [5.74, 6) is 0.367. The number of benzene rings is 2. The third-order valence-electron chi connectivity index (χ3n) is 4.96. The van der Waals surface area contributed by atoms with Crippen molar-refractivity contribution < 1.29 is 24.2 Å². The summed E-state index contributed by atoms with van der Waals surface area (Å²) in [5.41, 5.74) is 1.63. The highest BCUT2D eigenvalue weighted by Gasteiger charge is 2.43. The second-order valence-electron chi connectivity index (χ2n) is 8.76. The molecule has 2 unspecified atom stereocenters. The molecule has 1 fully saturated rings. The van der Waals surface area contributed by atoms with E-state index in [1.807, 2.05) is 69.3 Å². The Bertz CT molecular complexity index is 925. The number of carbonyl (C=O) groups excluding carboxylic acids is 1. The summed E-state index contributed by atoms with van der Waals surface area (Å²) < 4.78 is 11.5. The largest absolute Gasteiger partial charge is 0.493 e. The van der Waals surface area contributed by atoms with Crippen LogP contribution in [-0.2, 0) is 16.2 Å². The van der Waals surface area contributed by atoms with E-state index < -0.39 is 12.0 Å². The first-order valence-corrected chi connectivity index (χ1v) is 11.2. The molecule has 0 saturated carbocycles. The molecule has 0 bridgehead atoms. The highest BCUT2D eigenvalue weighted by molar-refractivity contribution is 7.99. The second kappa shape index (κ2) is 9.64. The maximum atomic E-state index is 13.0. The molecule has 166 valence electrons. The number of carbonyl (C=O) groups is 2. The van der Waals surface area contributed by atoms with E-state index in [-0.39, 0.29) is 23.1 Å². The molecular weight excluding hydrogens is 414 g/mol. The summed E-state index contributed by atoms with van der Waals surface area (Å²) in [7, 11) is 1.57. The Morgan fingerprint density at radius 1 is 1.13 bits per heavy atom. The lowest BCUT2D eigenvalue weighted by molar-refractivity contribution is -0.150. The molecular formula is C24H29NO5S. The van der Waals surface area contributed by atoms with E-state index in [1.165, 1.54) is 16.7 Å². The molecule has 2 atom stereocenters. The van der Waals surface area contributed by atoms with Gasteiger partial charge in [-0.1, -0.05) is 57.2 Å². The Labute approximate surface area is 187 Å². The van der Waals surface area contributed by atoms with Crippen molar-refractivity contribution >= 4 is 23.6 Å². The topological polar surface area (TPSA) is 76.1 Å². The van der Waals surface area contributed by atoms with Gasteiger partial charge in [0, 0.05) is 12.2 Å². The number of thioether (sulfide) groups is 1. The first-order valence-electron chi connectivity index (χ1n) is 10.2. The molecule has 1 aliphatic heterocycles. The summed E-state index contributed by atoms with van der Waals surface area (Å²) in [6.45, 7) is 6.33. The van der Waals surface area contributed by atoms with Gasteiger partial charge in [-0.25, -0.2) is 4.79 Å². The van der Waals surface area contributed by atoms with Crippen molar-refractivity contribution in [3.63, 3.8) is 0 Å². The van der Waals surface area contributed by atoms with E-state index in [1.54, 1.807) is 7.11 Å². The molecule has 2 aromatic rings. The summed E-state index contributed by atoms with van der Waals surface area (Å²) in [6.07, 6.45) is 0.281. The average molecular weight is 444 g/mol. The maximum absolute atomic E-state index is 13.0. The molecule has 1 aliphatic rings. The maximum Gasteiger partial charge on any atom is 0.327 e. The van der Waals surface area contributed by atoms with Crippen LogP contribution in [0, 0.1) is 5.41 Å². The van der Waals surface area contributed by atoms with Gasteiger partial charge in [-0.15, -0.1) is 11.8 Å². The number of rotatable bonds is 7. The van der Waals surface area contributed by atoms with Crippen molar-refractivity contribution in [3.05, 3.63) is 59.7 Å². The standard InChI is InChI=1S/C24H29NO5S/c1-24(2,3)13-21(26)25-18(23(27)28)15-31-22(25)17-10-11-19(20(12-17)29-4)30-14-16-8-6-5-7-9-16/h5-12,18,22H,13-15H2,1-4H3,(H,27,28). The van der Waals surface area contributed by atoms with Gasteiger partial charge >= 0.3 is 5.97 Å². The van der Waals surface area contributed by atoms with Crippen LogP contribution in [0.25, 0.3) is 0 Å². The minimum Gasteiger partial charge on any atom is -0.493 e. The molecule has 0 radical (unpaired) electrons. The molecule has 6 nitrogen and oxygen atoms in total. The van der Waals surface area contributed by atoms with Gasteiger partial charge in [0.25, 0.3) is 0 Å². The molecule has 1 amide bonds. The van der Waals surface area contributed by atoms with Crippen LogP contribution >= 0.6 is 11.8 Å². The van der Waals surface area contributed by atoms with Crippen LogP contribution in [0.5, 0.6) is 11.5 Å². The quantitative estimate of drug-likeness (QED) is 0.666. The van der Waals surface area contributed by atoms with Crippen LogP contribution in [0.15, 0.2) is 48.5 Å². The van der Waals surface area contributed by atoms with Gasteiger partial charge in [-0.3, -0.25) is 4.79 Å². The van der Waals surface area contributed by atoms with Gasteiger partial charge in [0.15, 0.2) is 11.5 Å². The highest BCUT2D eigenvalue weighted by atomic mass is 32.2.